The van der Waals surface area contributed by atoms with Crippen molar-refractivity contribution in [3.8, 4) is 0 Å². The van der Waals surface area contributed by atoms with Crippen LogP contribution in [0.4, 0.5) is 0 Å². The maximum absolute atomic E-state index is 12.7. The van der Waals surface area contributed by atoms with E-state index in [0.29, 0.717) is 18.0 Å². The zero-order chi connectivity index (χ0) is 19.3. The lowest BCUT2D eigenvalue weighted by molar-refractivity contribution is 0.0915. The summed E-state index contributed by atoms with van der Waals surface area (Å²) in [5.41, 5.74) is 6.26. The molecule has 0 bridgehead atoms. The maximum Gasteiger partial charge on any atom is 0.251 e. The largest absolute Gasteiger partial charge is 0.348 e. The molecule has 28 heavy (non-hydrogen) atoms. The molecule has 0 radical (unpaired) electrons. The second kappa shape index (κ2) is 10.6. The lowest BCUT2D eigenvalue weighted by Crippen LogP contribution is -2.46. The Hall–Kier alpha value is -1.15. The fraction of sp³-hybridized carbons (Fsp3) is 0.650. The zero-order valence-electron chi connectivity index (χ0n) is 16.2. The van der Waals surface area contributed by atoms with Crippen LogP contribution in [0.15, 0.2) is 29.2 Å². The van der Waals surface area contributed by atoms with Crippen molar-refractivity contribution < 1.29 is 13.2 Å². The third kappa shape index (κ3) is 5.92. The molecular weight excluding hydrogens is 398 g/mol. The van der Waals surface area contributed by atoms with Gasteiger partial charge in [-0.25, -0.2) is 13.1 Å². The van der Waals surface area contributed by atoms with E-state index in [-0.39, 0.29) is 35.3 Å². The van der Waals surface area contributed by atoms with Gasteiger partial charge in [-0.1, -0.05) is 38.2 Å². The summed E-state index contributed by atoms with van der Waals surface area (Å²) < 4.78 is 28.0. The van der Waals surface area contributed by atoms with E-state index in [2.05, 4.69) is 10.0 Å². The second-order valence-electron chi connectivity index (χ2n) is 7.84. The van der Waals surface area contributed by atoms with E-state index >= 15 is 0 Å². The van der Waals surface area contributed by atoms with Crippen LogP contribution in [0, 0.1) is 5.92 Å². The molecule has 0 aliphatic heterocycles. The SMILES string of the molecule is Cl.NCC(NC(=O)c1cccc(S(=O)(=O)NC2CCCC2)c1)C1CCCCC1. The van der Waals surface area contributed by atoms with Gasteiger partial charge in [0, 0.05) is 24.2 Å². The van der Waals surface area contributed by atoms with Crippen molar-refractivity contribution in [3.63, 3.8) is 0 Å². The van der Waals surface area contributed by atoms with Crippen molar-refractivity contribution in [1.82, 2.24) is 10.0 Å². The highest BCUT2D eigenvalue weighted by molar-refractivity contribution is 7.89. The molecule has 1 unspecified atom stereocenters. The molecule has 3 rings (SSSR count). The van der Waals surface area contributed by atoms with Crippen molar-refractivity contribution in [1.29, 1.82) is 0 Å². The molecule has 6 nitrogen and oxygen atoms in total. The van der Waals surface area contributed by atoms with Gasteiger partial charge in [0.2, 0.25) is 10.0 Å². The van der Waals surface area contributed by atoms with E-state index in [1.165, 1.54) is 31.4 Å². The second-order valence-corrected chi connectivity index (χ2v) is 9.56. The first-order valence-electron chi connectivity index (χ1n) is 10.1. The quantitative estimate of drug-likeness (QED) is 0.620. The van der Waals surface area contributed by atoms with Crippen LogP contribution >= 0.6 is 12.4 Å². The van der Waals surface area contributed by atoms with Crippen LogP contribution in [-0.4, -0.2) is 33.0 Å². The Balaban J connectivity index is 0.00000280. The minimum atomic E-state index is -3.61. The molecule has 0 saturated heterocycles. The molecule has 0 heterocycles. The Morgan fingerprint density at radius 3 is 2.36 bits per heavy atom. The Labute approximate surface area is 174 Å². The summed E-state index contributed by atoms with van der Waals surface area (Å²) in [7, 11) is -3.61. The fourth-order valence-electron chi connectivity index (χ4n) is 4.29. The Morgan fingerprint density at radius 1 is 1.07 bits per heavy atom. The van der Waals surface area contributed by atoms with Crippen LogP contribution in [0.3, 0.4) is 0 Å². The highest BCUT2D eigenvalue weighted by atomic mass is 35.5. The van der Waals surface area contributed by atoms with Crippen molar-refractivity contribution >= 4 is 28.3 Å². The number of amides is 1. The van der Waals surface area contributed by atoms with Gasteiger partial charge in [0.25, 0.3) is 5.91 Å². The third-order valence-corrected chi connectivity index (χ3v) is 7.39. The summed E-state index contributed by atoms with van der Waals surface area (Å²) in [4.78, 5) is 12.8. The van der Waals surface area contributed by atoms with E-state index in [1.807, 2.05) is 0 Å². The molecule has 1 amide bonds. The number of hydrogen-bond donors (Lipinski definition) is 3. The van der Waals surface area contributed by atoms with Crippen molar-refractivity contribution in [3.05, 3.63) is 29.8 Å². The Bertz CT molecular complexity index is 745. The van der Waals surface area contributed by atoms with E-state index in [9.17, 15) is 13.2 Å². The molecule has 2 fully saturated rings. The smallest absolute Gasteiger partial charge is 0.251 e. The number of benzene rings is 1. The molecule has 2 aliphatic rings. The van der Waals surface area contributed by atoms with Crippen molar-refractivity contribution in [2.45, 2.75) is 74.8 Å². The maximum atomic E-state index is 12.7. The lowest BCUT2D eigenvalue weighted by atomic mass is 9.84. The molecule has 1 aromatic rings. The summed E-state index contributed by atoms with van der Waals surface area (Å²) in [6.07, 6.45) is 9.63. The van der Waals surface area contributed by atoms with Gasteiger partial charge >= 0.3 is 0 Å². The molecule has 1 atom stereocenters. The average Bonchev–Trinajstić information content (AvgIpc) is 3.19. The minimum absolute atomic E-state index is 0. The van der Waals surface area contributed by atoms with Gasteiger partial charge in [-0.15, -0.1) is 12.4 Å². The van der Waals surface area contributed by atoms with Crippen LogP contribution in [0.5, 0.6) is 0 Å². The summed E-state index contributed by atoms with van der Waals surface area (Å²) >= 11 is 0. The van der Waals surface area contributed by atoms with E-state index < -0.39 is 10.0 Å². The van der Waals surface area contributed by atoms with Gasteiger partial charge in [-0.2, -0.15) is 0 Å². The fourth-order valence-corrected chi connectivity index (χ4v) is 5.64. The van der Waals surface area contributed by atoms with Gasteiger partial charge in [0.05, 0.1) is 4.90 Å². The Morgan fingerprint density at radius 2 is 1.71 bits per heavy atom. The van der Waals surface area contributed by atoms with E-state index in [1.54, 1.807) is 12.1 Å². The third-order valence-electron chi connectivity index (χ3n) is 5.87. The standard InChI is InChI=1S/C20H31N3O3S.ClH/c21-14-19(15-7-2-1-3-8-15)22-20(24)16-9-6-12-18(13-16)27(25,26)23-17-10-4-5-11-17;/h6,9,12-13,15,17,19,23H,1-5,7-8,10-11,14,21H2,(H,22,24);1H. The predicted molar refractivity (Wildman–Crippen MR) is 113 cm³/mol. The van der Waals surface area contributed by atoms with Gasteiger partial charge in [0.15, 0.2) is 0 Å². The Kier molecular flexibility index (Phi) is 8.74. The molecule has 0 aromatic heterocycles. The van der Waals surface area contributed by atoms with Crippen molar-refractivity contribution in [2.75, 3.05) is 6.54 Å². The monoisotopic (exact) mass is 429 g/mol. The molecule has 2 aliphatic carbocycles. The van der Waals surface area contributed by atoms with Crippen LogP contribution in [0.25, 0.3) is 0 Å². The van der Waals surface area contributed by atoms with Crippen LogP contribution in [0.2, 0.25) is 0 Å². The number of halogens is 1. The van der Waals surface area contributed by atoms with Gasteiger partial charge in [0.1, 0.15) is 0 Å². The molecule has 158 valence electrons. The highest BCUT2D eigenvalue weighted by Crippen LogP contribution is 2.26. The molecule has 0 spiro atoms. The highest BCUT2D eigenvalue weighted by Gasteiger charge is 2.26. The average molecular weight is 430 g/mol. The minimum Gasteiger partial charge on any atom is -0.348 e. The number of rotatable bonds is 7. The van der Waals surface area contributed by atoms with Crippen LogP contribution < -0.4 is 15.8 Å². The topological polar surface area (TPSA) is 101 Å². The number of nitrogens with one attached hydrogen (secondary N) is 2. The number of sulfonamides is 1. The van der Waals surface area contributed by atoms with E-state index in [0.717, 1.165) is 38.5 Å². The van der Waals surface area contributed by atoms with Crippen molar-refractivity contribution in [2.24, 2.45) is 11.7 Å². The van der Waals surface area contributed by atoms with Gasteiger partial charge in [-0.05, 0) is 49.8 Å². The lowest BCUT2D eigenvalue weighted by Gasteiger charge is -2.30. The molecular formula is C20H32ClN3O3S. The number of carbonyl (C=O) groups is 1. The summed E-state index contributed by atoms with van der Waals surface area (Å²) in [6, 6.07) is 6.21. The van der Waals surface area contributed by atoms with Crippen LogP contribution in [0.1, 0.15) is 68.1 Å². The molecule has 1 aromatic carbocycles. The van der Waals surface area contributed by atoms with Gasteiger partial charge < -0.3 is 11.1 Å². The van der Waals surface area contributed by atoms with Crippen LogP contribution in [-0.2, 0) is 10.0 Å². The normalized spacial score (nSPS) is 19.8. The molecule has 8 heteroatoms. The first-order chi connectivity index (χ1) is 13.0. The number of nitrogens with two attached hydrogens (primary N) is 1. The first-order valence-corrected chi connectivity index (χ1v) is 11.6. The number of carbonyl (C=O) groups excluding carboxylic acids is 1. The first kappa shape index (κ1) is 23.1. The van der Waals surface area contributed by atoms with Gasteiger partial charge in [-0.3, -0.25) is 4.79 Å². The molecule has 4 N–H and O–H groups in total. The molecule has 2 saturated carbocycles. The summed E-state index contributed by atoms with van der Waals surface area (Å²) in [5, 5.41) is 3.03. The van der Waals surface area contributed by atoms with E-state index in [4.69, 9.17) is 5.73 Å². The summed E-state index contributed by atoms with van der Waals surface area (Å²) in [5.74, 6) is 0.151. The summed E-state index contributed by atoms with van der Waals surface area (Å²) in [6.45, 7) is 0.400. The predicted octanol–water partition coefficient (Wildman–Crippen LogP) is 2.97. The number of hydrogen-bond acceptors (Lipinski definition) is 4. The zero-order valence-corrected chi connectivity index (χ0v) is 17.9.